The molecule has 0 rings (SSSR count). The molecular formula is C5H16O7S2. The molecule has 0 aliphatic heterocycles. The van der Waals surface area contributed by atoms with Crippen LogP contribution in [0, 0.1) is 0 Å². The van der Waals surface area contributed by atoms with Crippen molar-refractivity contribution in [1.82, 2.24) is 0 Å². The minimum Gasteiger partial charge on any atom is -0.394 e. The smallest absolute Gasteiger partial charge is 0.261 e. The van der Waals surface area contributed by atoms with Crippen LogP contribution < -0.4 is 0 Å². The molecule has 0 aliphatic rings. The molecular weight excluding hydrogens is 236 g/mol. The molecule has 0 heterocycles. The SMILES string of the molecule is CC(C)O.CS(=O)(=O)O.CS(=O)(=O)O. The highest BCUT2D eigenvalue weighted by Gasteiger charge is 1.82. The fourth-order valence-electron chi connectivity index (χ4n) is 0. The number of hydrogen-bond donors (Lipinski definition) is 3. The van der Waals surface area contributed by atoms with Gasteiger partial charge in [0.15, 0.2) is 0 Å². The van der Waals surface area contributed by atoms with E-state index in [9.17, 15) is 16.8 Å². The highest BCUT2D eigenvalue weighted by Crippen LogP contribution is 1.65. The van der Waals surface area contributed by atoms with Gasteiger partial charge in [-0.1, -0.05) is 0 Å². The topological polar surface area (TPSA) is 129 Å². The van der Waals surface area contributed by atoms with Crippen LogP contribution >= 0.6 is 0 Å². The van der Waals surface area contributed by atoms with Gasteiger partial charge in [-0.25, -0.2) is 0 Å². The zero-order valence-corrected chi connectivity index (χ0v) is 10.0. The molecule has 0 fully saturated rings. The lowest BCUT2D eigenvalue weighted by Gasteiger charge is -1.80. The summed E-state index contributed by atoms with van der Waals surface area (Å²) in [5, 5.41) is 8.06. The van der Waals surface area contributed by atoms with E-state index in [2.05, 4.69) is 0 Å². The Bertz CT molecular complexity index is 250. The Kier molecular flexibility index (Phi) is 11.2. The summed E-state index contributed by atoms with van der Waals surface area (Å²) in [6, 6.07) is 0. The Balaban J connectivity index is -0.000000131. The van der Waals surface area contributed by atoms with Crippen molar-refractivity contribution in [3.8, 4) is 0 Å². The lowest BCUT2D eigenvalue weighted by Crippen LogP contribution is -1.88. The average Bonchev–Trinajstić information content (AvgIpc) is 1.45. The van der Waals surface area contributed by atoms with Crippen molar-refractivity contribution in [3.05, 3.63) is 0 Å². The first-order chi connectivity index (χ1) is 5.73. The maximum Gasteiger partial charge on any atom is 0.261 e. The van der Waals surface area contributed by atoms with E-state index in [1.807, 2.05) is 0 Å². The molecule has 0 aliphatic carbocycles. The van der Waals surface area contributed by atoms with E-state index >= 15 is 0 Å². The maximum atomic E-state index is 9.19. The van der Waals surface area contributed by atoms with Crippen LogP contribution in [0.4, 0.5) is 0 Å². The molecule has 0 unspecified atom stereocenters. The molecule has 14 heavy (non-hydrogen) atoms. The van der Waals surface area contributed by atoms with E-state index in [-0.39, 0.29) is 6.10 Å². The van der Waals surface area contributed by atoms with Gasteiger partial charge in [-0.15, -0.1) is 0 Å². The van der Waals surface area contributed by atoms with Crippen molar-refractivity contribution in [2.45, 2.75) is 20.0 Å². The van der Waals surface area contributed by atoms with Gasteiger partial charge in [-0.05, 0) is 13.8 Å². The molecule has 0 radical (unpaired) electrons. The predicted octanol–water partition coefficient (Wildman–Crippen LogP) is -0.605. The maximum absolute atomic E-state index is 9.19. The van der Waals surface area contributed by atoms with E-state index in [1.165, 1.54) is 0 Å². The van der Waals surface area contributed by atoms with Gasteiger partial charge in [0.2, 0.25) is 0 Å². The summed E-state index contributed by atoms with van der Waals surface area (Å²) >= 11 is 0. The molecule has 0 amide bonds. The minimum atomic E-state index is -3.67. The summed E-state index contributed by atoms with van der Waals surface area (Å²) in [5.41, 5.74) is 0. The minimum absolute atomic E-state index is 0.167. The molecule has 90 valence electrons. The number of aliphatic hydroxyl groups is 1. The summed E-state index contributed by atoms with van der Waals surface area (Å²) in [5.74, 6) is 0. The van der Waals surface area contributed by atoms with Crippen LogP contribution in [0.15, 0.2) is 0 Å². The van der Waals surface area contributed by atoms with E-state index in [0.717, 1.165) is 0 Å². The molecule has 9 heteroatoms. The zero-order valence-electron chi connectivity index (χ0n) is 8.37. The van der Waals surface area contributed by atoms with E-state index in [4.69, 9.17) is 14.2 Å². The highest BCUT2D eigenvalue weighted by molar-refractivity contribution is 7.85. The molecule has 0 saturated heterocycles. The molecule has 7 nitrogen and oxygen atoms in total. The van der Waals surface area contributed by atoms with Crippen molar-refractivity contribution in [3.63, 3.8) is 0 Å². The normalized spacial score (nSPS) is 10.9. The van der Waals surface area contributed by atoms with Gasteiger partial charge >= 0.3 is 0 Å². The third-order valence-corrected chi connectivity index (χ3v) is 0. The number of hydrogen-bond acceptors (Lipinski definition) is 5. The Morgan fingerprint density at radius 3 is 0.857 bits per heavy atom. The summed E-state index contributed by atoms with van der Waals surface area (Å²) in [6.45, 7) is 3.44. The lowest BCUT2D eigenvalue weighted by molar-refractivity contribution is 0.216. The van der Waals surface area contributed by atoms with Crippen molar-refractivity contribution >= 4 is 20.2 Å². The van der Waals surface area contributed by atoms with Crippen LogP contribution in [0.3, 0.4) is 0 Å². The Hall–Kier alpha value is -0.220. The molecule has 0 saturated carbocycles. The van der Waals surface area contributed by atoms with Crippen LogP contribution in [0.5, 0.6) is 0 Å². The molecule has 0 aromatic carbocycles. The van der Waals surface area contributed by atoms with Crippen LogP contribution in [-0.2, 0) is 20.2 Å². The van der Waals surface area contributed by atoms with E-state index in [0.29, 0.717) is 12.5 Å². The molecule has 0 spiro atoms. The average molecular weight is 252 g/mol. The zero-order chi connectivity index (χ0) is 12.6. The first-order valence-electron chi connectivity index (χ1n) is 3.26. The Morgan fingerprint density at radius 2 is 0.857 bits per heavy atom. The van der Waals surface area contributed by atoms with Crippen LogP contribution in [-0.4, -0.2) is 49.7 Å². The molecule has 0 aromatic rings. The van der Waals surface area contributed by atoms with Crippen molar-refractivity contribution in [2.75, 3.05) is 12.5 Å². The lowest BCUT2D eigenvalue weighted by atomic mass is 10.5. The third kappa shape index (κ3) is 28300. The second-order valence-corrected chi connectivity index (χ2v) is 5.49. The largest absolute Gasteiger partial charge is 0.394 e. The van der Waals surface area contributed by atoms with Gasteiger partial charge in [-0.2, -0.15) is 16.8 Å². The van der Waals surface area contributed by atoms with Gasteiger partial charge in [0.05, 0.1) is 12.5 Å². The van der Waals surface area contributed by atoms with Crippen LogP contribution in [0.25, 0.3) is 0 Å². The monoisotopic (exact) mass is 252 g/mol. The molecule has 0 atom stereocenters. The van der Waals surface area contributed by atoms with Gasteiger partial charge in [0.1, 0.15) is 0 Å². The summed E-state index contributed by atoms with van der Waals surface area (Å²) in [7, 11) is -7.33. The first-order valence-corrected chi connectivity index (χ1v) is 6.96. The fourth-order valence-corrected chi connectivity index (χ4v) is 0. The Labute approximate surface area is 84.3 Å². The van der Waals surface area contributed by atoms with Crippen molar-refractivity contribution < 1.29 is 31.0 Å². The van der Waals surface area contributed by atoms with Crippen molar-refractivity contribution in [2.24, 2.45) is 0 Å². The standard InChI is InChI=1S/C3H8O.2CH4O3S/c1-3(2)4;2*1-5(2,3)4/h3-4H,1-2H3;2*1H3,(H,2,3,4). The first kappa shape index (κ1) is 19.4. The van der Waals surface area contributed by atoms with Gasteiger partial charge < -0.3 is 5.11 Å². The van der Waals surface area contributed by atoms with E-state index in [1.54, 1.807) is 13.8 Å². The number of rotatable bonds is 0. The molecule has 0 bridgehead atoms. The summed E-state index contributed by atoms with van der Waals surface area (Å²) in [6.07, 6.45) is 1.26. The van der Waals surface area contributed by atoms with Gasteiger partial charge in [0, 0.05) is 6.10 Å². The summed E-state index contributed by atoms with van der Waals surface area (Å²) in [4.78, 5) is 0. The number of aliphatic hydroxyl groups excluding tert-OH is 1. The van der Waals surface area contributed by atoms with Gasteiger partial charge in [0.25, 0.3) is 20.2 Å². The summed E-state index contributed by atoms with van der Waals surface area (Å²) < 4.78 is 51.7. The van der Waals surface area contributed by atoms with Crippen molar-refractivity contribution in [1.29, 1.82) is 0 Å². The fraction of sp³-hybridized carbons (Fsp3) is 1.00. The van der Waals surface area contributed by atoms with Gasteiger partial charge in [-0.3, -0.25) is 9.11 Å². The second-order valence-electron chi connectivity index (χ2n) is 2.56. The molecule has 3 N–H and O–H groups in total. The quantitative estimate of drug-likeness (QED) is 0.490. The second kappa shape index (κ2) is 8.12. The van der Waals surface area contributed by atoms with E-state index < -0.39 is 20.2 Å². The Morgan fingerprint density at radius 1 is 0.857 bits per heavy atom. The third-order valence-electron chi connectivity index (χ3n) is 0. The highest BCUT2D eigenvalue weighted by atomic mass is 32.2. The molecule has 0 aromatic heterocycles. The predicted molar refractivity (Wildman–Crippen MR) is 52.3 cm³/mol. The van der Waals surface area contributed by atoms with Crippen LogP contribution in [0.2, 0.25) is 0 Å². The van der Waals surface area contributed by atoms with Crippen LogP contribution in [0.1, 0.15) is 13.8 Å².